The predicted octanol–water partition coefficient (Wildman–Crippen LogP) is 2.95. The van der Waals surface area contributed by atoms with Crippen molar-refractivity contribution in [2.75, 3.05) is 19.8 Å². The molecule has 0 fully saturated rings. The van der Waals surface area contributed by atoms with E-state index in [1.165, 1.54) is 17.7 Å². The van der Waals surface area contributed by atoms with Crippen LogP contribution in [0.3, 0.4) is 0 Å². The Morgan fingerprint density at radius 3 is 2.30 bits per heavy atom. The van der Waals surface area contributed by atoms with E-state index in [2.05, 4.69) is 18.6 Å². The lowest BCUT2D eigenvalue weighted by Crippen LogP contribution is -2.32. The van der Waals surface area contributed by atoms with E-state index in [9.17, 15) is 8.42 Å². The Labute approximate surface area is 160 Å². The SMILES string of the molecule is CC(C)c1ccc(C(N)CNS(=O)(=O)c2ccc3c(c2)OCCCO3)cc1. The van der Waals surface area contributed by atoms with Crippen LogP contribution in [0.25, 0.3) is 0 Å². The largest absolute Gasteiger partial charge is 0.490 e. The third-order valence-electron chi connectivity index (χ3n) is 4.55. The van der Waals surface area contributed by atoms with E-state index in [1.807, 2.05) is 24.3 Å². The van der Waals surface area contributed by atoms with E-state index in [-0.39, 0.29) is 11.4 Å². The summed E-state index contributed by atoms with van der Waals surface area (Å²) in [7, 11) is -3.70. The lowest BCUT2D eigenvalue weighted by Gasteiger charge is -2.15. The van der Waals surface area contributed by atoms with Crippen LogP contribution in [-0.4, -0.2) is 28.2 Å². The highest BCUT2D eigenvalue weighted by Crippen LogP contribution is 2.31. The molecule has 7 heteroatoms. The number of fused-ring (bicyclic) bond motifs is 1. The second-order valence-electron chi connectivity index (χ2n) is 6.94. The Morgan fingerprint density at radius 2 is 1.63 bits per heavy atom. The van der Waals surface area contributed by atoms with Crippen LogP contribution in [-0.2, 0) is 10.0 Å². The summed E-state index contributed by atoms with van der Waals surface area (Å²) in [6, 6.07) is 12.1. The summed E-state index contributed by atoms with van der Waals surface area (Å²) in [5, 5.41) is 0. The van der Waals surface area contributed by atoms with Crippen molar-refractivity contribution in [2.24, 2.45) is 5.73 Å². The number of hydrogen-bond acceptors (Lipinski definition) is 5. The molecule has 1 aliphatic heterocycles. The van der Waals surface area contributed by atoms with E-state index in [4.69, 9.17) is 15.2 Å². The molecule has 1 atom stereocenters. The van der Waals surface area contributed by atoms with Crippen molar-refractivity contribution in [3.63, 3.8) is 0 Å². The molecule has 0 saturated heterocycles. The van der Waals surface area contributed by atoms with Gasteiger partial charge in [0.15, 0.2) is 11.5 Å². The normalized spacial score (nSPS) is 15.4. The molecule has 0 amide bonds. The average molecular weight is 391 g/mol. The van der Waals surface area contributed by atoms with Crippen LogP contribution in [0.1, 0.15) is 43.4 Å². The summed E-state index contributed by atoms with van der Waals surface area (Å²) in [5.74, 6) is 1.45. The number of nitrogens with two attached hydrogens (primary N) is 1. The molecule has 3 N–H and O–H groups in total. The van der Waals surface area contributed by atoms with Gasteiger partial charge in [-0.3, -0.25) is 0 Å². The molecule has 1 aliphatic rings. The Kier molecular flexibility index (Phi) is 6.04. The van der Waals surface area contributed by atoms with Gasteiger partial charge in [0, 0.05) is 25.1 Å². The van der Waals surface area contributed by atoms with E-state index in [0.29, 0.717) is 30.6 Å². The molecule has 1 unspecified atom stereocenters. The molecule has 2 aromatic rings. The third-order valence-corrected chi connectivity index (χ3v) is 5.98. The summed E-state index contributed by atoms with van der Waals surface area (Å²) < 4.78 is 38.9. The maximum Gasteiger partial charge on any atom is 0.240 e. The summed E-state index contributed by atoms with van der Waals surface area (Å²) in [5.41, 5.74) is 8.28. The Morgan fingerprint density at radius 1 is 1.00 bits per heavy atom. The van der Waals surface area contributed by atoms with E-state index in [0.717, 1.165) is 12.0 Å². The molecule has 146 valence electrons. The fraction of sp³-hybridized carbons (Fsp3) is 0.400. The number of rotatable bonds is 6. The summed E-state index contributed by atoms with van der Waals surface area (Å²) >= 11 is 0. The second-order valence-corrected chi connectivity index (χ2v) is 8.71. The molecule has 2 aromatic carbocycles. The van der Waals surface area contributed by atoms with E-state index in [1.54, 1.807) is 6.07 Å². The molecule has 1 heterocycles. The van der Waals surface area contributed by atoms with Crippen molar-refractivity contribution < 1.29 is 17.9 Å². The number of benzene rings is 2. The van der Waals surface area contributed by atoms with Gasteiger partial charge in [-0.25, -0.2) is 13.1 Å². The molecule has 3 rings (SSSR count). The first-order valence-corrected chi connectivity index (χ1v) is 10.6. The molecule has 0 bridgehead atoms. The van der Waals surface area contributed by atoms with Gasteiger partial charge in [0.25, 0.3) is 0 Å². The van der Waals surface area contributed by atoms with Gasteiger partial charge < -0.3 is 15.2 Å². The van der Waals surface area contributed by atoms with Gasteiger partial charge in [-0.2, -0.15) is 0 Å². The first-order chi connectivity index (χ1) is 12.9. The van der Waals surface area contributed by atoms with Crippen LogP contribution in [0.2, 0.25) is 0 Å². The minimum Gasteiger partial charge on any atom is -0.490 e. The van der Waals surface area contributed by atoms with Crippen molar-refractivity contribution in [1.82, 2.24) is 4.72 Å². The molecule has 0 aromatic heterocycles. The molecule has 0 aliphatic carbocycles. The highest BCUT2D eigenvalue weighted by Gasteiger charge is 2.20. The standard InChI is InChI=1S/C20H26N2O4S/c1-14(2)15-4-6-16(7-5-15)18(21)13-22-27(23,24)17-8-9-19-20(12-17)26-11-3-10-25-19/h4-9,12,14,18,22H,3,10-11,13,21H2,1-2H3. The van der Waals surface area contributed by atoms with Crippen LogP contribution < -0.4 is 19.9 Å². The number of sulfonamides is 1. The fourth-order valence-corrected chi connectivity index (χ4v) is 3.91. The van der Waals surface area contributed by atoms with Crippen LogP contribution in [0.15, 0.2) is 47.4 Å². The van der Waals surface area contributed by atoms with Crippen molar-refractivity contribution in [3.05, 3.63) is 53.6 Å². The summed E-state index contributed by atoms with van der Waals surface area (Å²) in [6.45, 7) is 5.41. The van der Waals surface area contributed by atoms with Crippen LogP contribution in [0.5, 0.6) is 11.5 Å². The minimum absolute atomic E-state index is 0.109. The summed E-state index contributed by atoms with van der Waals surface area (Å²) in [4.78, 5) is 0.133. The zero-order chi connectivity index (χ0) is 19.4. The molecule has 6 nitrogen and oxygen atoms in total. The van der Waals surface area contributed by atoms with Gasteiger partial charge in [-0.15, -0.1) is 0 Å². The molecule has 0 spiro atoms. The van der Waals surface area contributed by atoms with Gasteiger partial charge in [0.1, 0.15) is 0 Å². The Hall–Kier alpha value is -2.09. The number of nitrogens with one attached hydrogen (secondary N) is 1. The first-order valence-electron chi connectivity index (χ1n) is 9.11. The van der Waals surface area contributed by atoms with Crippen molar-refractivity contribution in [2.45, 2.75) is 37.1 Å². The fourth-order valence-electron chi connectivity index (χ4n) is 2.84. The van der Waals surface area contributed by atoms with E-state index >= 15 is 0 Å². The van der Waals surface area contributed by atoms with Gasteiger partial charge in [0.2, 0.25) is 10.0 Å². The first kappa shape index (κ1) is 19.7. The highest BCUT2D eigenvalue weighted by molar-refractivity contribution is 7.89. The molecular weight excluding hydrogens is 364 g/mol. The third kappa shape index (κ3) is 4.80. The van der Waals surface area contributed by atoms with Gasteiger partial charge in [-0.1, -0.05) is 38.1 Å². The quantitative estimate of drug-likeness (QED) is 0.791. The smallest absolute Gasteiger partial charge is 0.240 e. The van der Waals surface area contributed by atoms with Crippen LogP contribution in [0.4, 0.5) is 0 Å². The topological polar surface area (TPSA) is 90.7 Å². The van der Waals surface area contributed by atoms with Crippen LogP contribution >= 0.6 is 0 Å². The Balaban J connectivity index is 1.68. The molecule has 0 saturated carbocycles. The monoisotopic (exact) mass is 390 g/mol. The van der Waals surface area contributed by atoms with Gasteiger partial charge in [0.05, 0.1) is 18.1 Å². The predicted molar refractivity (Wildman–Crippen MR) is 105 cm³/mol. The van der Waals surface area contributed by atoms with E-state index < -0.39 is 16.1 Å². The van der Waals surface area contributed by atoms with Gasteiger partial charge >= 0.3 is 0 Å². The molecule has 27 heavy (non-hydrogen) atoms. The lowest BCUT2D eigenvalue weighted by molar-refractivity contribution is 0.297. The van der Waals surface area contributed by atoms with Crippen molar-refractivity contribution in [3.8, 4) is 11.5 Å². The second kappa shape index (κ2) is 8.29. The maximum absolute atomic E-state index is 12.6. The van der Waals surface area contributed by atoms with Crippen LogP contribution in [0, 0.1) is 0 Å². The van der Waals surface area contributed by atoms with Crippen molar-refractivity contribution in [1.29, 1.82) is 0 Å². The van der Waals surface area contributed by atoms with Gasteiger partial charge in [-0.05, 0) is 29.2 Å². The highest BCUT2D eigenvalue weighted by atomic mass is 32.2. The maximum atomic E-state index is 12.6. The number of ether oxygens (including phenoxy) is 2. The lowest BCUT2D eigenvalue weighted by atomic mass is 9.99. The average Bonchev–Trinajstić information content (AvgIpc) is 2.91. The molecule has 0 radical (unpaired) electrons. The zero-order valence-electron chi connectivity index (χ0n) is 15.6. The zero-order valence-corrected chi connectivity index (χ0v) is 16.5. The van der Waals surface area contributed by atoms with Crippen molar-refractivity contribution >= 4 is 10.0 Å². The molecular formula is C20H26N2O4S. The Bertz CT molecular complexity index is 879. The number of hydrogen-bond donors (Lipinski definition) is 2. The minimum atomic E-state index is -3.70. The summed E-state index contributed by atoms with van der Waals surface area (Å²) in [6.07, 6.45) is 0.763.